The molecule has 1 aromatic rings. The van der Waals surface area contributed by atoms with Gasteiger partial charge in [0.05, 0.1) is 0 Å². The van der Waals surface area contributed by atoms with E-state index in [1.54, 1.807) is 17.0 Å². The fraction of sp³-hybridized carbons (Fsp3) is 0.571. The maximum atomic E-state index is 11.5. The van der Waals surface area contributed by atoms with Gasteiger partial charge in [-0.1, -0.05) is 6.07 Å². The van der Waals surface area contributed by atoms with Gasteiger partial charge in [-0.25, -0.2) is 4.79 Å². The molecule has 122 valence electrons. The molecule has 0 radical (unpaired) electrons. The summed E-state index contributed by atoms with van der Waals surface area (Å²) in [5, 5.41) is 13.1. The first-order valence-electron chi connectivity index (χ1n) is 7.03. The molecule has 0 atom stereocenters. The molecule has 1 saturated heterocycles. The predicted octanol–water partition coefficient (Wildman–Crippen LogP) is 1.82. The molecule has 8 nitrogen and oxygen atoms in total. The van der Waals surface area contributed by atoms with Crippen LogP contribution in [0.1, 0.15) is 20.8 Å². The van der Waals surface area contributed by atoms with Gasteiger partial charge in [-0.15, -0.1) is 0 Å². The van der Waals surface area contributed by atoms with Crippen molar-refractivity contribution in [2.45, 2.75) is 26.4 Å². The topological polar surface area (TPSA) is 97.6 Å². The van der Waals surface area contributed by atoms with Crippen molar-refractivity contribution >= 4 is 11.9 Å². The molecule has 1 aromatic heterocycles. The maximum Gasteiger partial charge on any atom is 0.410 e. The Bertz CT molecular complexity index is 481. The van der Waals surface area contributed by atoms with Gasteiger partial charge in [-0.05, 0) is 36.7 Å². The Hall–Kier alpha value is -2.22. The second-order valence-electron chi connectivity index (χ2n) is 5.66. The van der Waals surface area contributed by atoms with E-state index < -0.39 is 4.92 Å². The predicted molar refractivity (Wildman–Crippen MR) is 81.6 cm³/mol. The van der Waals surface area contributed by atoms with Crippen LogP contribution >= 0.6 is 0 Å². The average molecular weight is 310 g/mol. The number of carbonyl (C=O) groups excluding carboxylic acids is 1. The van der Waals surface area contributed by atoms with Crippen LogP contribution in [0.5, 0.6) is 0 Å². The van der Waals surface area contributed by atoms with Crippen molar-refractivity contribution in [2.24, 2.45) is 0 Å². The number of nitrogens with zero attached hydrogens (tertiary/aromatic N) is 3. The second kappa shape index (κ2) is 8.28. The lowest BCUT2D eigenvalue weighted by molar-refractivity contribution is -0.389. The van der Waals surface area contributed by atoms with E-state index in [1.807, 2.05) is 20.8 Å². The van der Waals surface area contributed by atoms with Gasteiger partial charge in [0.25, 0.3) is 0 Å². The number of rotatable bonds is 1. The van der Waals surface area contributed by atoms with Gasteiger partial charge in [0.2, 0.25) is 0 Å². The monoisotopic (exact) mass is 310 g/mol. The molecular formula is C14H22N4O4. The molecule has 8 heteroatoms. The summed E-state index contributed by atoms with van der Waals surface area (Å²) in [6.07, 6.45) is 1.19. The largest absolute Gasteiger partial charge is 0.444 e. The third-order valence-corrected chi connectivity index (χ3v) is 2.61. The number of piperazine rings is 1. The van der Waals surface area contributed by atoms with Gasteiger partial charge in [0, 0.05) is 32.2 Å². The van der Waals surface area contributed by atoms with E-state index in [1.165, 1.54) is 12.3 Å². The minimum Gasteiger partial charge on any atom is -0.444 e. The standard InChI is InChI=1S/C9H18N2O2.C5H4N2O2/c1-9(2,3)13-8(12)11-6-4-10-5-7-11;8-7(9)5-3-1-2-4-6-5/h10H,4-7H2,1-3H3;1-4H. The average Bonchev–Trinajstić information content (AvgIpc) is 2.48. The van der Waals surface area contributed by atoms with Crippen LogP contribution in [0.25, 0.3) is 0 Å². The van der Waals surface area contributed by atoms with Crippen molar-refractivity contribution in [1.29, 1.82) is 0 Å². The summed E-state index contributed by atoms with van der Waals surface area (Å²) in [7, 11) is 0. The Morgan fingerprint density at radius 2 is 2.00 bits per heavy atom. The number of ether oxygens (including phenoxy) is 1. The van der Waals surface area contributed by atoms with Crippen molar-refractivity contribution in [3.63, 3.8) is 0 Å². The highest BCUT2D eigenvalue weighted by atomic mass is 16.6. The Labute approximate surface area is 129 Å². The highest BCUT2D eigenvalue weighted by Gasteiger charge is 2.22. The zero-order valence-electron chi connectivity index (χ0n) is 13.1. The van der Waals surface area contributed by atoms with Crippen LogP contribution in [0.15, 0.2) is 24.4 Å². The van der Waals surface area contributed by atoms with Crippen molar-refractivity contribution in [2.75, 3.05) is 26.2 Å². The number of aromatic nitrogens is 1. The first-order chi connectivity index (χ1) is 10.3. The van der Waals surface area contributed by atoms with Crippen molar-refractivity contribution < 1.29 is 14.5 Å². The van der Waals surface area contributed by atoms with Crippen LogP contribution < -0.4 is 5.32 Å². The summed E-state index contributed by atoms with van der Waals surface area (Å²) in [4.78, 5) is 26.1. The molecule has 1 N–H and O–H groups in total. The number of carbonyl (C=O) groups is 1. The minimum absolute atomic E-state index is 0.113. The normalized spacial score (nSPS) is 14.6. The highest BCUT2D eigenvalue weighted by Crippen LogP contribution is 2.10. The summed E-state index contributed by atoms with van der Waals surface area (Å²) in [5.41, 5.74) is -0.387. The lowest BCUT2D eigenvalue weighted by atomic mass is 10.2. The van der Waals surface area contributed by atoms with E-state index in [4.69, 9.17) is 4.74 Å². The molecule has 1 fully saturated rings. The Kier molecular flexibility index (Phi) is 6.71. The van der Waals surface area contributed by atoms with Gasteiger partial charge < -0.3 is 25.1 Å². The molecule has 1 amide bonds. The van der Waals surface area contributed by atoms with Crippen LogP contribution in [-0.4, -0.2) is 52.7 Å². The molecule has 2 rings (SSSR count). The molecule has 0 spiro atoms. The first-order valence-corrected chi connectivity index (χ1v) is 7.03. The van der Waals surface area contributed by atoms with Crippen LogP contribution in [0.3, 0.4) is 0 Å². The third-order valence-electron chi connectivity index (χ3n) is 2.61. The summed E-state index contributed by atoms with van der Waals surface area (Å²) in [6, 6.07) is 4.55. The number of nitro groups is 1. The van der Waals surface area contributed by atoms with E-state index in [0.717, 1.165) is 26.2 Å². The summed E-state index contributed by atoms with van der Waals surface area (Å²) >= 11 is 0. The first kappa shape index (κ1) is 17.8. The zero-order valence-corrected chi connectivity index (χ0v) is 13.1. The second-order valence-corrected chi connectivity index (χ2v) is 5.66. The Morgan fingerprint density at radius 1 is 1.36 bits per heavy atom. The maximum absolute atomic E-state index is 11.5. The molecule has 1 aliphatic heterocycles. The molecule has 2 heterocycles. The zero-order chi connectivity index (χ0) is 16.6. The van der Waals surface area contributed by atoms with E-state index in [0.29, 0.717) is 0 Å². The van der Waals surface area contributed by atoms with E-state index in [2.05, 4.69) is 10.3 Å². The van der Waals surface area contributed by atoms with Gasteiger partial charge in [-0.2, -0.15) is 0 Å². The van der Waals surface area contributed by atoms with Crippen molar-refractivity contribution in [3.8, 4) is 0 Å². The Balaban J connectivity index is 0.000000235. The molecule has 0 aromatic carbocycles. The van der Waals surface area contributed by atoms with E-state index in [-0.39, 0.29) is 17.5 Å². The van der Waals surface area contributed by atoms with E-state index in [9.17, 15) is 14.9 Å². The van der Waals surface area contributed by atoms with Gasteiger partial charge in [0.1, 0.15) is 11.8 Å². The minimum atomic E-state index is -0.528. The van der Waals surface area contributed by atoms with Gasteiger partial charge in [0.15, 0.2) is 0 Å². The molecule has 0 saturated carbocycles. The van der Waals surface area contributed by atoms with Crippen LogP contribution in [0.2, 0.25) is 0 Å². The molecule has 0 unspecified atom stereocenters. The quantitative estimate of drug-likeness (QED) is 0.627. The fourth-order valence-electron chi connectivity index (χ4n) is 1.64. The van der Waals surface area contributed by atoms with Crippen LogP contribution in [-0.2, 0) is 4.74 Å². The molecule has 0 bridgehead atoms. The molecule has 1 aliphatic rings. The van der Waals surface area contributed by atoms with Crippen LogP contribution in [0.4, 0.5) is 10.6 Å². The molecular weight excluding hydrogens is 288 g/mol. The smallest absolute Gasteiger partial charge is 0.410 e. The van der Waals surface area contributed by atoms with Crippen molar-refractivity contribution in [3.05, 3.63) is 34.5 Å². The number of nitrogens with one attached hydrogen (secondary N) is 1. The number of amides is 1. The Morgan fingerprint density at radius 3 is 2.41 bits per heavy atom. The summed E-state index contributed by atoms with van der Waals surface area (Å²) < 4.78 is 5.24. The summed E-state index contributed by atoms with van der Waals surface area (Å²) in [6.45, 7) is 8.86. The lowest BCUT2D eigenvalue weighted by Crippen LogP contribution is -2.48. The highest BCUT2D eigenvalue weighted by molar-refractivity contribution is 5.68. The number of hydrogen-bond donors (Lipinski definition) is 1. The third kappa shape index (κ3) is 6.98. The van der Waals surface area contributed by atoms with Crippen molar-refractivity contribution in [1.82, 2.24) is 15.2 Å². The molecule has 0 aliphatic carbocycles. The SMILES string of the molecule is CC(C)(C)OC(=O)N1CCNCC1.O=[N+]([O-])c1ccccn1. The fourth-order valence-corrected chi connectivity index (χ4v) is 1.64. The lowest BCUT2D eigenvalue weighted by Gasteiger charge is -2.30. The van der Waals surface area contributed by atoms with E-state index >= 15 is 0 Å². The summed E-state index contributed by atoms with van der Waals surface area (Å²) in [5.74, 6) is -0.113. The number of pyridine rings is 1. The molecule has 22 heavy (non-hydrogen) atoms. The van der Waals surface area contributed by atoms with Gasteiger partial charge >= 0.3 is 11.9 Å². The van der Waals surface area contributed by atoms with Gasteiger partial charge in [-0.3, -0.25) is 0 Å². The number of hydrogen-bond acceptors (Lipinski definition) is 6. The van der Waals surface area contributed by atoms with Crippen LogP contribution in [0, 0.1) is 10.1 Å².